The highest BCUT2D eigenvalue weighted by Gasteiger charge is 2.29. The standard InChI is InChI=1S/C15H32N4O2S2/c1-5-16-14(18-13-15(3)9-7-12-22-15)17-10-8-11-19(6-2)23(4,20)21/h5-13H2,1-4H3,(H2,16,17,18). The smallest absolute Gasteiger partial charge is 0.211 e. The van der Waals surface area contributed by atoms with E-state index >= 15 is 0 Å². The molecule has 0 aromatic carbocycles. The zero-order valence-electron chi connectivity index (χ0n) is 14.9. The molecule has 0 aromatic heterocycles. The molecule has 136 valence electrons. The molecule has 8 heteroatoms. The Balaban J connectivity index is 2.41. The van der Waals surface area contributed by atoms with Crippen molar-refractivity contribution in [2.75, 3.05) is 44.7 Å². The molecule has 1 heterocycles. The van der Waals surface area contributed by atoms with Crippen LogP contribution in [0.2, 0.25) is 0 Å². The van der Waals surface area contributed by atoms with Crippen LogP contribution in [0.15, 0.2) is 4.99 Å². The van der Waals surface area contributed by atoms with Gasteiger partial charge in [0.25, 0.3) is 0 Å². The predicted molar refractivity (Wildman–Crippen MR) is 101 cm³/mol. The topological polar surface area (TPSA) is 73.8 Å². The maximum atomic E-state index is 11.5. The van der Waals surface area contributed by atoms with E-state index in [4.69, 9.17) is 4.99 Å². The third-order valence-electron chi connectivity index (χ3n) is 3.91. The minimum absolute atomic E-state index is 0.262. The molecule has 23 heavy (non-hydrogen) atoms. The average molecular weight is 365 g/mol. The van der Waals surface area contributed by atoms with Crippen LogP contribution in [0.3, 0.4) is 0 Å². The molecule has 1 aliphatic rings. The highest BCUT2D eigenvalue weighted by Crippen LogP contribution is 2.37. The molecule has 2 N–H and O–H groups in total. The van der Waals surface area contributed by atoms with Gasteiger partial charge in [-0.3, -0.25) is 4.99 Å². The Morgan fingerprint density at radius 3 is 2.61 bits per heavy atom. The lowest BCUT2D eigenvalue weighted by Crippen LogP contribution is -2.40. The van der Waals surface area contributed by atoms with Crippen LogP contribution in [0, 0.1) is 0 Å². The summed E-state index contributed by atoms with van der Waals surface area (Å²) in [6.07, 6.45) is 4.52. The molecule has 1 rings (SSSR count). The summed E-state index contributed by atoms with van der Waals surface area (Å²) in [6.45, 7) is 9.59. The van der Waals surface area contributed by atoms with E-state index in [0.717, 1.165) is 25.5 Å². The van der Waals surface area contributed by atoms with Crippen molar-refractivity contribution in [2.45, 2.75) is 44.8 Å². The van der Waals surface area contributed by atoms with Gasteiger partial charge < -0.3 is 10.6 Å². The van der Waals surface area contributed by atoms with Crippen LogP contribution in [-0.2, 0) is 10.0 Å². The van der Waals surface area contributed by atoms with Crippen molar-refractivity contribution < 1.29 is 8.42 Å². The first-order chi connectivity index (χ1) is 10.8. The molecule has 0 bridgehead atoms. The second kappa shape index (κ2) is 9.74. The van der Waals surface area contributed by atoms with E-state index in [1.807, 2.05) is 25.6 Å². The first-order valence-corrected chi connectivity index (χ1v) is 11.3. The van der Waals surface area contributed by atoms with Gasteiger partial charge in [0, 0.05) is 30.9 Å². The van der Waals surface area contributed by atoms with Crippen LogP contribution in [0.4, 0.5) is 0 Å². The van der Waals surface area contributed by atoms with Crippen LogP contribution in [0.25, 0.3) is 0 Å². The van der Waals surface area contributed by atoms with E-state index in [-0.39, 0.29) is 4.75 Å². The van der Waals surface area contributed by atoms with Crippen LogP contribution in [0.5, 0.6) is 0 Å². The van der Waals surface area contributed by atoms with Crippen molar-refractivity contribution in [1.82, 2.24) is 14.9 Å². The maximum absolute atomic E-state index is 11.5. The number of sulfonamides is 1. The molecule has 0 amide bonds. The van der Waals surface area contributed by atoms with Gasteiger partial charge in [0.05, 0.1) is 12.8 Å². The Morgan fingerprint density at radius 2 is 2.09 bits per heavy atom. The summed E-state index contributed by atoms with van der Waals surface area (Å²) in [6, 6.07) is 0. The molecular weight excluding hydrogens is 332 g/mol. The normalized spacial score (nSPS) is 22.6. The Bertz CT molecular complexity index is 474. The first kappa shape index (κ1) is 20.6. The maximum Gasteiger partial charge on any atom is 0.211 e. The molecule has 0 saturated carbocycles. The van der Waals surface area contributed by atoms with Gasteiger partial charge in [0.15, 0.2) is 5.96 Å². The molecule has 0 aromatic rings. The zero-order valence-corrected chi connectivity index (χ0v) is 16.5. The lowest BCUT2D eigenvalue weighted by Gasteiger charge is -2.21. The van der Waals surface area contributed by atoms with E-state index in [1.54, 1.807) is 0 Å². The quantitative estimate of drug-likeness (QED) is 0.368. The molecule has 6 nitrogen and oxygen atoms in total. The molecule has 0 spiro atoms. The van der Waals surface area contributed by atoms with E-state index < -0.39 is 10.0 Å². The van der Waals surface area contributed by atoms with Crippen LogP contribution in [0.1, 0.15) is 40.0 Å². The van der Waals surface area contributed by atoms with E-state index in [0.29, 0.717) is 19.6 Å². The summed E-state index contributed by atoms with van der Waals surface area (Å²) in [4.78, 5) is 4.69. The second-order valence-corrected chi connectivity index (χ2v) is 9.80. The van der Waals surface area contributed by atoms with E-state index in [9.17, 15) is 8.42 Å². The van der Waals surface area contributed by atoms with Crippen LogP contribution < -0.4 is 10.6 Å². The highest BCUT2D eigenvalue weighted by atomic mass is 32.2. The number of hydrogen-bond donors (Lipinski definition) is 2. The average Bonchev–Trinajstić information content (AvgIpc) is 2.90. The Hall–Kier alpha value is -0.470. The van der Waals surface area contributed by atoms with E-state index in [1.165, 1.54) is 29.2 Å². The molecule has 1 aliphatic heterocycles. The summed E-state index contributed by atoms with van der Waals surface area (Å²) in [5, 5.41) is 6.55. The van der Waals surface area contributed by atoms with Crippen LogP contribution >= 0.6 is 11.8 Å². The second-order valence-electron chi connectivity index (χ2n) is 6.13. The van der Waals surface area contributed by atoms with Gasteiger partial charge in [-0.05, 0) is 38.9 Å². The van der Waals surface area contributed by atoms with Gasteiger partial charge in [-0.25, -0.2) is 12.7 Å². The Morgan fingerprint density at radius 1 is 1.35 bits per heavy atom. The summed E-state index contributed by atoms with van der Waals surface area (Å²) in [7, 11) is -3.10. The fourth-order valence-electron chi connectivity index (χ4n) is 2.57. The number of guanidine groups is 1. The lowest BCUT2D eigenvalue weighted by atomic mass is 10.1. The molecule has 0 aliphatic carbocycles. The summed E-state index contributed by atoms with van der Waals surface area (Å²) in [5.74, 6) is 2.05. The van der Waals surface area contributed by atoms with Crippen molar-refractivity contribution >= 4 is 27.7 Å². The number of nitrogens with zero attached hydrogens (tertiary/aromatic N) is 2. The largest absolute Gasteiger partial charge is 0.357 e. The fraction of sp³-hybridized carbons (Fsp3) is 0.933. The van der Waals surface area contributed by atoms with Crippen molar-refractivity contribution in [3.8, 4) is 0 Å². The lowest BCUT2D eigenvalue weighted by molar-refractivity contribution is 0.424. The first-order valence-electron chi connectivity index (χ1n) is 8.42. The molecule has 0 radical (unpaired) electrons. The van der Waals surface area contributed by atoms with Gasteiger partial charge in [-0.15, -0.1) is 0 Å². The van der Waals surface area contributed by atoms with Gasteiger partial charge >= 0.3 is 0 Å². The van der Waals surface area contributed by atoms with Crippen molar-refractivity contribution in [1.29, 1.82) is 0 Å². The number of nitrogens with one attached hydrogen (secondary N) is 2. The molecule has 1 fully saturated rings. The summed E-state index contributed by atoms with van der Waals surface area (Å²) < 4.78 is 24.8. The predicted octanol–water partition coefficient (Wildman–Crippen LogP) is 1.50. The fourth-order valence-corrected chi connectivity index (χ4v) is 4.73. The minimum atomic E-state index is -3.10. The number of hydrogen-bond acceptors (Lipinski definition) is 4. The number of rotatable bonds is 9. The zero-order chi connectivity index (χ0) is 17.3. The summed E-state index contributed by atoms with van der Waals surface area (Å²) in [5.41, 5.74) is 0. The minimum Gasteiger partial charge on any atom is -0.357 e. The van der Waals surface area contributed by atoms with Gasteiger partial charge in [-0.2, -0.15) is 11.8 Å². The third-order valence-corrected chi connectivity index (χ3v) is 6.82. The van der Waals surface area contributed by atoms with Gasteiger partial charge in [0.1, 0.15) is 0 Å². The third kappa shape index (κ3) is 7.76. The van der Waals surface area contributed by atoms with Gasteiger partial charge in [-0.1, -0.05) is 6.92 Å². The Labute approximate surface area is 145 Å². The summed E-state index contributed by atoms with van der Waals surface area (Å²) >= 11 is 2.01. The van der Waals surface area contributed by atoms with Crippen molar-refractivity contribution in [3.05, 3.63) is 0 Å². The van der Waals surface area contributed by atoms with E-state index in [2.05, 4.69) is 17.6 Å². The Kier molecular flexibility index (Phi) is 8.71. The van der Waals surface area contributed by atoms with Gasteiger partial charge in [0.2, 0.25) is 10.0 Å². The molecule has 1 saturated heterocycles. The number of thioether (sulfide) groups is 1. The number of aliphatic imine (C=N–C) groups is 1. The molecule has 1 atom stereocenters. The van der Waals surface area contributed by atoms with Crippen molar-refractivity contribution in [3.63, 3.8) is 0 Å². The van der Waals surface area contributed by atoms with Crippen LogP contribution in [-0.4, -0.2) is 68.2 Å². The monoisotopic (exact) mass is 364 g/mol. The molecule has 1 unspecified atom stereocenters. The SMILES string of the molecule is CCNC(=NCC1(C)CCCS1)NCCCN(CC)S(C)(=O)=O. The van der Waals surface area contributed by atoms with Crippen molar-refractivity contribution in [2.24, 2.45) is 4.99 Å². The molecular formula is C15H32N4O2S2. The highest BCUT2D eigenvalue weighted by molar-refractivity contribution is 8.00.